The van der Waals surface area contributed by atoms with Gasteiger partial charge in [-0.05, 0) is 80.3 Å². The highest BCUT2D eigenvalue weighted by Gasteiger charge is 2.21. The fourth-order valence-electron chi connectivity index (χ4n) is 3.56. The molecule has 0 saturated carbocycles. The molecule has 0 aliphatic heterocycles. The molecule has 0 fully saturated rings. The minimum absolute atomic E-state index is 0.0489. The first-order valence-corrected chi connectivity index (χ1v) is 10.8. The van der Waals surface area contributed by atoms with Gasteiger partial charge in [0.1, 0.15) is 23.2 Å². The number of ether oxygens (including phenoxy) is 2. The zero-order valence-electron chi connectivity index (χ0n) is 19.4. The van der Waals surface area contributed by atoms with Crippen molar-refractivity contribution >= 4 is 11.8 Å². The minimum atomic E-state index is -0.760. The molecule has 0 unspecified atom stereocenters. The Bertz CT molecular complexity index is 1230. The third kappa shape index (κ3) is 5.84. The molecular formula is C27H25F3O4. The zero-order chi connectivity index (χ0) is 25.0. The standard InChI is InChI=1S/C27H25F3O4/c1-15(2)34-26(32)14-33-25-10-16(3)27(30)21(17(25)4)13-24(31)22-12-19(8-9-23(22)29)18-6-5-7-20(28)11-18/h5-12,15H,13-14H2,1-4H3. The van der Waals surface area contributed by atoms with E-state index in [-0.39, 0.29) is 35.2 Å². The Hall–Kier alpha value is -3.61. The Morgan fingerprint density at radius 2 is 1.65 bits per heavy atom. The molecule has 0 N–H and O–H groups in total. The zero-order valence-corrected chi connectivity index (χ0v) is 19.4. The van der Waals surface area contributed by atoms with Crippen LogP contribution in [-0.2, 0) is 16.0 Å². The Labute approximate surface area is 196 Å². The SMILES string of the molecule is Cc1cc(OCC(=O)OC(C)C)c(C)c(CC(=O)c2cc(-c3cccc(F)c3)ccc2F)c1F. The molecule has 34 heavy (non-hydrogen) atoms. The quantitative estimate of drug-likeness (QED) is 0.293. The first-order valence-electron chi connectivity index (χ1n) is 10.8. The van der Waals surface area contributed by atoms with Crippen LogP contribution in [0.1, 0.15) is 40.9 Å². The van der Waals surface area contributed by atoms with Crippen molar-refractivity contribution in [2.45, 2.75) is 40.2 Å². The van der Waals surface area contributed by atoms with Gasteiger partial charge in [-0.25, -0.2) is 18.0 Å². The number of aryl methyl sites for hydroxylation is 1. The summed E-state index contributed by atoms with van der Waals surface area (Å²) in [4.78, 5) is 24.8. The van der Waals surface area contributed by atoms with Crippen molar-refractivity contribution in [3.05, 3.63) is 88.2 Å². The number of halogens is 3. The molecule has 0 radical (unpaired) electrons. The Morgan fingerprint density at radius 1 is 0.941 bits per heavy atom. The topological polar surface area (TPSA) is 52.6 Å². The number of carbonyl (C=O) groups is 2. The summed E-state index contributed by atoms with van der Waals surface area (Å²) >= 11 is 0. The molecule has 0 saturated heterocycles. The van der Waals surface area contributed by atoms with Crippen molar-refractivity contribution in [2.75, 3.05) is 6.61 Å². The van der Waals surface area contributed by atoms with Crippen LogP contribution < -0.4 is 4.74 Å². The summed E-state index contributed by atoms with van der Waals surface area (Å²) < 4.78 is 53.6. The molecule has 0 heterocycles. The number of Topliss-reactive ketones (excluding diaryl/α,β-unsaturated/α-hetero) is 1. The second kappa shape index (κ2) is 10.5. The van der Waals surface area contributed by atoms with Gasteiger partial charge in [-0.2, -0.15) is 0 Å². The highest BCUT2D eigenvalue weighted by atomic mass is 19.1. The van der Waals surface area contributed by atoms with Crippen LogP contribution in [0, 0.1) is 31.3 Å². The summed E-state index contributed by atoms with van der Waals surface area (Å²) in [5, 5.41) is 0. The molecule has 0 bridgehead atoms. The second-order valence-electron chi connectivity index (χ2n) is 8.24. The summed E-state index contributed by atoms with van der Waals surface area (Å²) in [6, 6.07) is 11.1. The van der Waals surface area contributed by atoms with Crippen molar-refractivity contribution < 1.29 is 32.2 Å². The van der Waals surface area contributed by atoms with Crippen molar-refractivity contribution in [1.82, 2.24) is 0 Å². The molecule has 0 spiro atoms. The van der Waals surface area contributed by atoms with Gasteiger partial charge < -0.3 is 9.47 Å². The molecule has 3 aromatic carbocycles. The van der Waals surface area contributed by atoms with Gasteiger partial charge >= 0.3 is 5.97 Å². The normalized spacial score (nSPS) is 10.9. The molecule has 0 aliphatic carbocycles. The lowest BCUT2D eigenvalue weighted by Crippen LogP contribution is -2.19. The van der Waals surface area contributed by atoms with Crippen molar-refractivity contribution in [1.29, 1.82) is 0 Å². The molecule has 3 rings (SSSR count). The minimum Gasteiger partial charge on any atom is -0.482 e. The predicted octanol–water partition coefficient (Wildman–Crippen LogP) is 6.14. The van der Waals surface area contributed by atoms with Crippen molar-refractivity contribution in [3.63, 3.8) is 0 Å². The Morgan fingerprint density at radius 3 is 2.32 bits per heavy atom. The lowest BCUT2D eigenvalue weighted by atomic mass is 9.94. The molecule has 178 valence electrons. The lowest BCUT2D eigenvalue weighted by Gasteiger charge is -2.16. The second-order valence-corrected chi connectivity index (χ2v) is 8.24. The van der Waals surface area contributed by atoms with E-state index in [1.165, 1.54) is 43.3 Å². The molecule has 3 aromatic rings. The van der Waals surface area contributed by atoms with E-state index in [0.717, 1.165) is 6.07 Å². The van der Waals surface area contributed by atoms with Gasteiger partial charge in [-0.15, -0.1) is 0 Å². The summed E-state index contributed by atoms with van der Waals surface area (Å²) in [5.74, 6) is -2.82. The van der Waals surface area contributed by atoms with Crippen LogP contribution >= 0.6 is 0 Å². The van der Waals surface area contributed by atoms with Crippen LogP contribution in [0.15, 0.2) is 48.5 Å². The van der Waals surface area contributed by atoms with Gasteiger partial charge in [0.25, 0.3) is 0 Å². The van der Waals surface area contributed by atoms with Crippen LogP contribution in [0.4, 0.5) is 13.2 Å². The maximum atomic E-state index is 14.9. The molecule has 0 atom stereocenters. The Balaban J connectivity index is 1.89. The highest BCUT2D eigenvalue weighted by molar-refractivity contribution is 5.99. The summed E-state index contributed by atoms with van der Waals surface area (Å²) in [5.41, 5.74) is 1.30. The first kappa shape index (κ1) is 25.0. The van der Waals surface area contributed by atoms with E-state index in [1.54, 1.807) is 26.8 Å². The van der Waals surface area contributed by atoms with Crippen LogP contribution in [0.25, 0.3) is 11.1 Å². The van der Waals surface area contributed by atoms with E-state index in [0.29, 0.717) is 16.7 Å². The number of ketones is 1. The maximum Gasteiger partial charge on any atom is 0.344 e. The van der Waals surface area contributed by atoms with Crippen molar-refractivity contribution in [3.8, 4) is 16.9 Å². The molecular weight excluding hydrogens is 445 g/mol. The summed E-state index contributed by atoms with van der Waals surface area (Å²) in [6.07, 6.45) is -0.728. The third-order valence-electron chi connectivity index (χ3n) is 5.26. The Kier molecular flexibility index (Phi) is 7.76. The lowest BCUT2D eigenvalue weighted by molar-refractivity contribution is -0.149. The maximum absolute atomic E-state index is 14.9. The average Bonchev–Trinajstić information content (AvgIpc) is 2.78. The van der Waals surface area contributed by atoms with Gasteiger partial charge in [0.2, 0.25) is 0 Å². The smallest absolute Gasteiger partial charge is 0.344 e. The number of rotatable bonds is 8. The number of benzene rings is 3. The van der Waals surface area contributed by atoms with Gasteiger partial charge in [-0.3, -0.25) is 4.79 Å². The van der Waals surface area contributed by atoms with E-state index in [9.17, 15) is 22.8 Å². The molecule has 0 aliphatic rings. The number of esters is 1. The number of hydrogen-bond donors (Lipinski definition) is 0. The van der Waals surface area contributed by atoms with E-state index in [4.69, 9.17) is 9.47 Å². The van der Waals surface area contributed by atoms with Crippen LogP contribution in [-0.4, -0.2) is 24.5 Å². The fraction of sp³-hybridized carbons (Fsp3) is 0.259. The monoisotopic (exact) mass is 470 g/mol. The molecule has 0 aromatic heterocycles. The summed E-state index contributed by atoms with van der Waals surface area (Å²) in [7, 11) is 0. The van der Waals surface area contributed by atoms with Gasteiger partial charge in [0.15, 0.2) is 12.4 Å². The van der Waals surface area contributed by atoms with E-state index >= 15 is 0 Å². The van der Waals surface area contributed by atoms with Gasteiger partial charge in [-0.1, -0.05) is 18.2 Å². The average molecular weight is 470 g/mol. The number of hydrogen-bond acceptors (Lipinski definition) is 4. The van der Waals surface area contributed by atoms with Crippen molar-refractivity contribution in [2.24, 2.45) is 0 Å². The fourth-order valence-corrected chi connectivity index (χ4v) is 3.56. The number of carbonyl (C=O) groups excluding carboxylic acids is 2. The molecule has 4 nitrogen and oxygen atoms in total. The third-order valence-corrected chi connectivity index (χ3v) is 5.26. The predicted molar refractivity (Wildman–Crippen MR) is 122 cm³/mol. The van der Waals surface area contributed by atoms with Gasteiger partial charge in [0.05, 0.1) is 11.7 Å². The summed E-state index contributed by atoms with van der Waals surface area (Å²) in [6.45, 7) is 6.11. The van der Waals surface area contributed by atoms with Crippen LogP contribution in [0.3, 0.4) is 0 Å². The molecule has 0 amide bonds. The highest BCUT2D eigenvalue weighted by Crippen LogP contribution is 2.30. The van der Waals surface area contributed by atoms with Crippen LogP contribution in [0.5, 0.6) is 5.75 Å². The van der Waals surface area contributed by atoms with Gasteiger partial charge in [0, 0.05) is 12.0 Å². The first-order chi connectivity index (χ1) is 16.1. The molecule has 7 heteroatoms. The van der Waals surface area contributed by atoms with E-state index in [2.05, 4.69) is 0 Å². The largest absolute Gasteiger partial charge is 0.482 e. The van der Waals surface area contributed by atoms with E-state index < -0.39 is 35.6 Å². The van der Waals surface area contributed by atoms with Crippen LogP contribution in [0.2, 0.25) is 0 Å². The van der Waals surface area contributed by atoms with E-state index in [1.807, 2.05) is 0 Å².